The van der Waals surface area contributed by atoms with Crippen molar-refractivity contribution >= 4 is 67.3 Å². The topological polar surface area (TPSA) is 97.9 Å². The number of alkyl halides is 3. The second kappa shape index (κ2) is 12.0. The summed E-state index contributed by atoms with van der Waals surface area (Å²) in [6.07, 6.45) is 0.128. The predicted octanol–water partition coefficient (Wildman–Crippen LogP) is 6.78. The Balaban J connectivity index is 0.00000329. The van der Waals surface area contributed by atoms with Crippen LogP contribution in [-0.2, 0) is 22.4 Å². The van der Waals surface area contributed by atoms with Gasteiger partial charge in [0.2, 0.25) is 0 Å². The van der Waals surface area contributed by atoms with E-state index in [9.17, 15) is 26.3 Å². The summed E-state index contributed by atoms with van der Waals surface area (Å²) >= 11 is -0.991. The van der Waals surface area contributed by atoms with E-state index in [0.29, 0.717) is 34.0 Å². The third-order valence-corrected chi connectivity index (χ3v) is 9.78. The first kappa shape index (κ1) is 30.9. The standard InChI is InChI=1S/C28H25F4N3O5S2.Na/c29-21-11-18(42(36)37)12-23-25(21)33-27(41-23)35-15-7-8-16(35)10-17(9-15)38-13-20-24(34-40-26(20)14-5-6-14)19-3-1-2-4-22(19)39-28(30,31)32;/h1-4,11-12,14-17H,5-10,13H2,(H,36,37);. The van der Waals surface area contributed by atoms with Crippen LogP contribution in [0, 0.1) is 5.82 Å². The third-order valence-electron chi connectivity index (χ3n) is 8.12. The molecule has 2 saturated heterocycles. The Bertz CT molecular complexity index is 1660. The van der Waals surface area contributed by atoms with Crippen LogP contribution in [0.1, 0.15) is 55.8 Å². The summed E-state index contributed by atoms with van der Waals surface area (Å²) in [6.45, 7) is 0.141. The van der Waals surface area contributed by atoms with Crippen LogP contribution in [0.2, 0.25) is 0 Å². The molecule has 3 aliphatic rings. The zero-order chi connectivity index (χ0) is 29.2. The van der Waals surface area contributed by atoms with E-state index in [1.165, 1.54) is 35.6 Å². The molecule has 1 aliphatic carbocycles. The molecular formula is C28H25F4N3NaO5S2. The summed E-state index contributed by atoms with van der Waals surface area (Å²) in [5.74, 6) is -0.164. The van der Waals surface area contributed by atoms with Gasteiger partial charge in [-0.3, -0.25) is 0 Å². The van der Waals surface area contributed by atoms with Crippen LogP contribution >= 0.6 is 11.3 Å². The number of aromatic nitrogens is 2. The quantitative estimate of drug-likeness (QED) is 0.127. The SMILES string of the molecule is O=S(O)c1cc(F)c2nc(N3C4CCC3CC(OCc3c(-c5ccccc5OC(F)(F)F)noc3C3CC3)C4)sc2c1.[Na]. The van der Waals surface area contributed by atoms with Gasteiger partial charge in [-0.05, 0) is 62.8 Å². The monoisotopic (exact) mass is 646 g/mol. The Labute approximate surface area is 272 Å². The second-order valence-electron chi connectivity index (χ2n) is 10.9. The van der Waals surface area contributed by atoms with Crippen molar-refractivity contribution in [2.75, 3.05) is 4.90 Å². The maximum atomic E-state index is 14.6. The molecule has 3 fully saturated rings. The maximum Gasteiger partial charge on any atom is 0.573 e. The number of ether oxygens (including phenoxy) is 2. The molecule has 15 heteroatoms. The molecule has 223 valence electrons. The van der Waals surface area contributed by atoms with E-state index < -0.39 is 23.3 Å². The molecule has 2 bridgehead atoms. The third kappa shape index (κ3) is 6.24. The maximum absolute atomic E-state index is 14.6. The van der Waals surface area contributed by atoms with Crippen molar-refractivity contribution in [1.82, 2.24) is 10.1 Å². The molecule has 2 aliphatic heterocycles. The molecule has 0 amide bonds. The number of fused-ring (bicyclic) bond motifs is 3. The summed E-state index contributed by atoms with van der Waals surface area (Å²) in [5, 5.41) is 4.83. The zero-order valence-corrected chi connectivity index (χ0v) is 26.6. The number of halogens is 4. The molecule has 8 nitrogen and oxygen atoms in total. The fourth-order valence-corrected chi connectivity index (χ4v) is 7.82. The molecule has 2 aromatic carbocycles. The predicted molar refractivity (Wildman–Crippen MR) is 152 cm³/mol. The van der Waals surface area contributed by atoms with Crippen molar-refractivity contribution < 1.29 is 40.3 Å². The van der Waals surface area contributed by atoms with Crippen molar-refractivity contribution in [3.8, 4) is 17.0 Å². The normalized spacial score (nSPS) is 22.5. The van der Waals surface area contributed by atoms with Gasteiger partial charge in [-0.1, -0.05) is 28.6 Å². The Morgan fingerprint density at radius 2 is 1.84 bits per heavy atom. The summed E-state index contributed by atoms with van der Waals surface area (Å²) in [4.78, 5) is 6.75. The number of para-hydroxylation sites is 1. The molecule has 3 unspecified atom stereocenters. The van der Waals surface area contributed by atoms with E-state index in [1.54, 1.807) is 6.07 Å². The van der Waals surface area contributed by atoms with Gasteiger partial charge in [-0.25, -0.2) is 13.6 Å². The van der Waals surface area contributed by atoms with Crippen molar-refractivity contribution in [3.05, 3.63) is 53.5 Å². The molecular weight excluding hydrogens is 621 g/mol. The molecule has 1 radical (unpaired) electrons. The van der Waals surface area contributed by atoms with Crippen LogP contribution < -0.4 is 9.64 Å². The smallest absolute Gasteiger partial charge is 0.405 e. The second-order valence-corrected chi connectivity index (χ2v) is 12.9. The average Bonchev–Trinajstić information content (AvgIpc) is 3.45. The van der Waals surface area contributed by atoms with E-state index in [-0.39, 0.29) is 87.7 Å². The fraction of sp³-hybridized carbons (Fsp3) is 0.429. The Hall–Kier alpha value is -2.07. The van der Waals surface area contributed by atoms with Gasteiger partial charge in [0.25, 0.3) is 0 Å². The summed E-state index contributed by atoms with van der Waals surface area (Å²) in [7, 11) is 0. The van der Waals surface area contributed by atoms with Gasteiger partial charge in [-0.2, -0.15) is 0 Å². The molecule has 4 aromatic rings. The van der Waals surface area contributed by atoms with Crippen LogP contribution in [0.3, 0.4) is 0 Å². The number of benzene rings is 2. The van der Waals surface area contributed by atoms with Gasteiger partial charge in [0.1, 0.15) is 22.7 Å². The number of hydrogen-bond donors (Lipinski definition) is 1. The number of rotatable bonds is 8. The molecule has 1 saturated carbocycles. The molecule has 2 aromatic heterocycles. The number of thiazole rings is 1. The van der Waals surface area contributed by atoms with Crippen LogP contribution in [0.5, 0.6) is 5.75 Å². The molecule has 1 N–H and O–H groups in total. The first-order valence-corrected chi connectivity index (χ1v) is 15.5. The van der Waals surface area contributed by atoms with Crippen molar-refractivity contribution in [3.63, 3.8) is 0 Å². The van der Waals surface area contributed by atoms with E-state index in [0.717, 1.165) is 31.7 Å². The number of hydrogen-bond acceptors (Lipinski definition) is 8. The van der Waals surface area contributed by atoms with Crippen molar-refractivity contribution in [1.29, 1.82) is 0 Å². The Kier molecular flexibility index (Phi) is 8.65. The molecule has 43 heavy (non-hydrogen) atoms. The number of nitrogens with zero attached hydrogens (tertiary/aromatic N) is 3. The van der Waals surface area contributed by atoms with E-state index in [4.69, 9.17) is 9.26 Å². The van der Waals surface area contributed by atoms with E-state index in [1.807, 2.05) is 0 Å². The van der Waals surface area contributed by atoms with E-state index >= 15 is 0 Å². The minimum Gasteiger partial charge on any atom is -0.405 e. The van der Waals surface area contributed by atoms with Gasteiger partial charge < -0.3 is 23.4 Å². The molecule has 3 atom stereocenters. The van der Waals surface area contributed by atoms with Gasteiger partial charge in [0, 0.05) is 58.7 Å². The fourth-order valence-electron chi connectivity index (χ4n) is 6.16. The zero-order valence-electron chi connectivity index (χ0n) is 23.0. The van der Waals surface area contributed by atoms with E-state index in [2.05, 4.69) is 19.8 Å². The molecule has 0 spiro atoms. The summed E-state index contributed by atoms with van der Waals surface area (Å²) in [6, 6.07) is 8.66. The van der Waals surface area contributed by atoms with Crippen molar-refractivity contribution in [2.24, 2.45) is 0 Å². The van der Waals surface area contributed by atoms with Gasteiger partial charge in [0.05, 0.1) is 22.3 Å². The first-order chi connectivity index (χ1) is 20.1. The summed E-state index contributed by atoms with van der Waals surface area (Å²) in [5.41, 5.74) is 1.31. The van der Waals surface area contributed by atoms with Crippen LogP contribution in [-0.4, -0.2) is 73.0 Å². The van der Waals surface area contributed by atoms with Crippen LogP contribution in [0.25, 0.3) is 21.5 Å². The Morgan fingerprint density at radius 1 is 1.12 bits per heavy atom. The number of piperidine rings is 1. The van der Waals surface area contributed by atoms with Crippen molar-refractivity contribution in [2.45, 2.75) is 80.5 Å². The largest absolute Gasteiger partial charge is 0.573 e. The first-order valence-electron chi connectivity index (χ1n) is 13.6. The average molecular weight is 647 g/mol. The minimum atomic E-state index is -4.85. The molecule has 4 heterocycles. The Morgan fingerprint density at radius 3 is 2.51 bits per heavy atom. The van der Waals surface area contributed by atoms with Gasteiger partial charge in [-0.15, -0.1) is 13.2 Å². The van der Waals surface area contributed by atoms with Crippen LogP contribution in [0.15, 0.2) is 45.8 Å². The number of anilines is 1. The minimum absolute atomic E-state index is 0. The summed E-state index contributed by atoms with van der Waals surface area (Å²) < 4.78 is 91.6. The van der Waals surface area contributed by atoms with Crippen LogP contribution in [0.4, 0.5) is 22.7 Å². The van der Waals surface area contributed by atoms with Gasteiger partial charge in [0.15, 0.2) is 22.0 Å². The van der Waals surface area contributed by atoms with Gasteiger partial charge >= 0.3 is 6.36 Å². The molecule has 7 rings (SSSR count).